The first-order valence-electron chi connectivity index (χ1n) is 14.3. The van der Waals surface area contributed by atoms with E-state index in [4.69, 9.17) is 9.47 Å². The summed E-state index contributed by atoms with van der Waals surface area (Å²) >= 11 is 0. The summed E-state index contributed by atoms with van der Waals surface area (Å²) in [5.41, 5.74) is 0.740. The summed E-state index contributed by atoms with van der Waals surface area (Å²) in [6.45, 7) is 7.89. The number of aromatic nitrogens is 1. The lowest BCUT2D eigenvalue weighted by Crippen LogP contribution is -2.57. The second-order valence-corrected chi connectivity index (χ2v) is 13.6. The Morgan fingerprint density at radius 2 is 2.00 bits per heavy atom. The molecule has 39 heavy (non-hydrogen) atoms. The largest absolute Gasteiger partial charge is 0.444 e. The van der Waals surface area contributed by atoms with Crippen molar-refractivity contribution in [1.82, 2.24) is 10.3 Å². The van der Waals surface area contributed by atoms with E-state index in [1.807, 2.05) is 39.2 Å². The third-order valence-electron chi connectivity index (χ3n) is 10.3. The number of nitrogens with zero attached hydrogens (tertiary/aromatic N) is 1. The molecular formula is C33H38N2O4. The van der Waals surface area contributed by atoms with E-state index in [1.165, 1.54) is 11.1 Å². The van der Waals surface area contributed by atoms with E-state index >= 15 is 0 Å². The number of pyridine rings is 1. The second kappa shape index (κ2) is 8.05. The SMILES string of the molecule is CC(C)(C)OC(=O)N[C@@H]1C=CC2=CC3=CC[C@@]4(C)[C@@H](CCC4(O)c4ccc5ccncc5c4)[C@@]34CC[C@]2(C1)O4. The first-order valence-corrected chi connectivity index (χ1v) is 14.3. The lowest BCUT2D eigenvalue weighted by molar-refractivity contribution is -0.160. The monoisotopic (exact) mass is 526 g/mol. The normalized spacial score (nSPS) is 38.4. The van der Waals surface area contributed by atoms with E-state index in [9.17, 15) is 9.90 Å². The van der Waals surface area contributed by atoms with E-state index in [-0.39, 0.29) is 17.4 Å². The van der Waals surface area contributed by atoms with Crippen LogP contribution in [0.3, 0.4) is 0 Å². The number of benzene rings is 1. The van der Waals surface area contributed by atoms with Crippen molar-refractivity contribution in [2.75, 3.05) is 0 Å². The first-order chi connectivity index (χ1) is 18.5. The van der Waals surface area contributed by atoms with Crippen molar-refractivity contribution >= 4 is 16.9 Å². The van der Waals surface area contributed by atoms with E-state index in [1.54, 1.807) is 0 Å². The minimum absolute atomic E-state index is 0.153. The maximum Gasteiger partial charge on any atom is 0.408 e. The van der Waals surface area contributed by atoms with E-state index in [0.717, 1.165) is 42.0 Å². The zero-order valence-electron chi connectivity index (χ0n) is 23.3. The van der Waals surface area contributed by atoms with Gasteiger partial charge in [-0.15, -0.1) is 0 Å². The summed E-state index contributed by atoms with van der Waals surface area (Å²) < 4.78 is 12.8. The van der Waals surface area contributed by atoms with Gasteiger partial charge in [-0.3, -0.25) is 4.98 Å². The molecule has 2 aliphatic heterocycles. The molecule has 1 saturated heterocycles. The number of amides is 1. The summed E-state index contributed by atoms with van der Waals surface area (Å²) in [4.78, 5) is 16.8. The average Bonchev–Trinajstić information content (AvgIpc) is 3.34. The van der Waals surface area contributed by atoms with Gasteiger partial charge < -0.3 is 19.9 Å². The van der Waals surface area contributed by atoms with Crippen molar-refractivity contribution in [1.29, 1.82) is 0 Å². The van der Waals surface area contributed by atoms with Gasteiger partial charge in [-0.05, 0) is 87.1 Å². The molecule has 3 aliphatic carbocycles. The lowest BCUT2D eigenvalue weighted by atomic mass is 9.56. The molecule has 3 heterocycles. The maximum atomic E-state index is 12.5. The first kappa shape index (κ1) is 25.0. The number of fused-ring (bicyclic) bond motifs is 2. The molecule has 1 aromatic heterocycles. The lowest BCUT2D eigenvalue weighted by Gasteiger charge is -2.55. The standard InChI is InChI=1S/C33H38N2O4/c1-29(2,3)38-28(36)35-26-8-7-23-18-24-9-12-30(4)27(32(24)15-14-31(23,19-26)39-32)10-13-33(30,37)25-6-5-21-11-16-34-20-22(21)17-25/h5-9,11,16-18,20,26-27,37H,10,12-15,19H2,1-4H3,(H,35,36)/t26-,27-,30+,31-,32-,33?/m1/s1. The van der Waals surface area contributed by atoms with Crippen LogP contribution in [0.5, 0.6) is 0 Å². The van der Waals surface area contributed by atoms with Crippen LogP contribution >= 0.6 is 0 Å². The fourth-order valence-corrected chi connectivity index (χ4v) is 8.45. The van der Waals surface area contributed by atoms with Gasteiger partial charge in [0.2, 0.25) is 0 Å². The molecule has 2 fully saturated rings. The van der Waals surface area contributed by atoms with Crippen LogP contribution in [0, 0.1) is 11.3 Å². The van der Waals surface area contributed by atoms with E-state index in [0.29, 0.717) is 12.8 Å². The van der Waals surface area contributed by atoms with Gasteiger partial charge in [-0.25, -0.2) is 4.79 Å². The fourth-order valence-electron chi connectivity index (χ4n) is 8.45. The smallest absolute Gasteiger partial charge is 0.408 e. The summed E-state index contributed by atoms with van der Waals surface area (Å²) in [7, 11) is 0. The van der Waals surface area contributed by atoms with Crippen molar-refractivity contribution in [2.24, 2.45) is 11.3 Å². The van der Waals surface area contributed by atoms with Gasteiger partial charge in [-0.2, -0.15) is 0 Å². The minimum atomic E-state index is -0.950. The van der Waals surface area contributed by atoms with Crippen molar-refractivity contribution in [3.05, 3.63) is 77.7 Å². The third kappa shape index (κ3) is 3.53. The van der Waals surface area contributed by atoms with Gasteiger partial charge in [-0.1, -0.05) is 43.4 Å². The highest BCUT2D eigenvalue weighted by atomic mass is 16.6. The molecule has 2 N–H and O–H groups in total. The fraction of sp³-hybridized carbons (Fsp3) is 0.515. The topological polar surface area (TPSA) is 80.7 Å². The Morgan fingerprint density at radius 1 is 1.15 bits per heavy atom. The summed E-state index contributed by atoms with van der Waals surface area (Å²) in [6, 6.07) is 8.19. The molecular weight excluding hydrogens is 488 g/mol. The molecule has 2 spiro atoms. The summed E-state index contributed by atoms with van der Waals surface area (Å²) in [5, 5.41) is 17.7. The van der Waals surface area contributed by atoms with E-state index in [2.05, 4.69) is 59.7 Å². The highest BCUT2D eigenvalue weighted by Gasteiger charge is 2.69. The molecule has 6 heteroatoms. The van der Waals surface area contributed by atoms with Gasteiger partial charge in [0.25, 0.3) is 0 Å². The van der Waals surface area contributed by atoms with Gasteiger partial charge in [0.05, 0.1) is 22.8 Å². The third-order valence-corrected chi connectivity index (χ3v) is 10.3. The molecule has 5 aliphatic rings. The van der Waals surface area contributed by atoms with Crippen molar-refractivity contribution < 1.29 is 19.4 Å². The predicted molar refractivity (Wildman–Crippen MR) is 150 cm³/mol. The number of ether oxygens (including phenoxy) is 2. The number of nitrogens with one attached hydrogen (secondary N) is 1. The number of hydrogen-bond donors (Lipinski definition) is 2. The van der Waals surface area contributed by atoms with Crippen LogP contribution in [0.25, 0.3) is 10.8 Å². The Bertz CT molecular complexity index is 1470. The number of allylic oxidation sites excluding steroid dienone is 1. The molecule has 2 aromatic rings. The van der Waals surface area contributed by atoms with Gasteiger partial charge in [0.15, 0.2) is 0 Å². The second-order valence-electron chi connectivity index (χ2n) is 13.6. The van der Waals surface area contributed by atoms with Gasteiger partial charge in [0.1, 0.15) is 5.60 Å². The highest BCUT2D eigenvalue weighted by Crippen LogP contribution is 2.70. The zero-order valence-corrected chi connectivity index (χ0v) is 23.3. The molecule has 1 amide bonds. The van der Waals surface area contributed by atoms with Crippen LogP contribution < -0.4 is 5.32 Å². The van der Waals surface area contributed by atoms with Crippen LogP contribution in [0.15, 0.2) is 72.1 Å². The molecule has 1 aromatic carbocycles. The van der Waals surface area contributed by atoms with Crippen molar-refractivity contribution in [3.63, 3.8) is 0 Å². The zero-order chi connectivity index (χ0) is 27.3. The highest BCUT2D eigenvalue weighted by molar-refractivity contribution is 5.82. The number of rotatable bonds is 2. The molecule has 2 bridgehead atoms. The number of alkyl carbamates (subject to hydrolysis) is 1. The Labute approximate surface area is 230 Å². The van der Waals surface area contributed by atoms with Gasteiger partial charge in [0, 0.05) is 35.5 Å². The van der Waals surface area contributed by atoms with Crippen LogP contribution in [-0.4, -0.2) is 39.0 Å². The summed E-state index contributed by atoms with van der Waals surface area (Å²) in [6.07, 6.45) is 17.1. The van der Waals surface area contributed by atoms with Crippen LogP contribution in [0.4, 0.5) is 4.79 Å². The number of aliphatic hydroxyl groups is 1. The maximum absolute atomic E-state index is 12.5. The minimum Gasteiger partial charge on any atom is -0.444 e. The quantitative estimate of drug-likeness (QED) is 0.484. The van der Waals surface area contributed by atoms with Crippen LogP contribution in [0.1, 0.15) is 71.8 Å². The Morgan fingerprint density at radius 3 is 2.82 bits per heavy atom. The van der Waals surface area contributed by atoms with Crippen LogP contribution in [0.2, 0.25) is 0 Å². The van der Waals surface area contributed by atoms with Crippen molar-refractivity contribution in [3.8, 4) is 0 Å². The van der Waals surface area contributed by atoms with E-state index < -0.39 is 28.5 Å². The summed E-state index contributed by atoms with van der Waals surface area (Å²) in [5.74, 6) is 0.194. The molecule has 0 radical (unpaired) electrons. The Hall–Kier alpha value is -2.96. The molecule has 204 valence electrons. The molecule has 7 rings (SSSR count). The number of carbonyl (C=O) groups excluding carboxylic acids is 1. The predicted octanol–water partition coefficient (Wildman–Crippen LogP) is 6.25. The van der Waals surface area contributed by atoms with Gasteiger partial charge >= 0.3 is 6.09 Å². The number of hydrogen-bond acceptors (Lipinski definition) is 5. The van der Waals surface area contributed by atoms with Crippen LogP contribution in [-0.2, 0) is 15.1 Å². The van der Waals surface area contributed by atoms with Crippen molar-refractivity contribution in [2.45, 2.75) is 94.7 Å². The molecule has 1 saturated carbocycles. The molecule has 1 unspecified atom stereocenters. The number of carbonyl (C=O) groups is 1. The average molecular weight is 527 g/mol. The Kier molecular flexibility index (Phi) is 5.16. The molecule has 6 atom stereocenters. The molecule has 6 nitrogen and oxygen atoms in total. The Balaban J connectivity index is 1.21.